The minimum Gasteiger partial charge on any atom is -0.373 e. The third-order valence-corrected chi connectivity index (χ3v) is 3.32. The van der Waals surface area contributed by atoms with Crippen LogP contribution in [0.1, 0.15) is 45.4 Å². The Hall–Kier alpha value is -1.32. The smallest absolute Gasteiger partial charge is 0.136 e. The minimum atomic E-state index is 0.418. The summed E-state index contributed by atoms with van der Waals surface area (Å²) in [4.78, 5) is 9.11. The van der Waals surface area contributed by atoms with Gasteiger partial charge < -0.3 is 10.6 Å². The first kappa shape index (κ1) is 12.1. The molecule has 1 fully saturated rings. The van der Waals surface area contributed by atoms with Gasteiger partial charge >= 0.3 is 0 Å². The third kappa shape index (κ3) is 3.08. The monoisotopic (exact) mass is 234 g/mol. The predicted octanol–water partition coefficient (Wildman–Crippen LogP) is 2.85. The maximum atomic E-state index is 4.60. The van der Waals surface area contributed by atoms with Crippen LogP contribution in [0.4, 0.5) is 11.6 Å². The number of nitrogens with zero attached hydrogens (tertiary/aromatic N) is 2. The molecular formula is C13H22N4. The van der Waals surface area contributed by atoms with Crippen molar-refractivity contribution in [2.75, 3.05) is 17.7 Å². The van der Waals surface area contributed by atoms with E-state index in [0.717, 1.165) is 17.5 Å². The highest BCUT2D eigenvalue weighted by molar-refractivity contribution is 5.48. The summed E-state index contributed by atoms with van der Waals surface area (Å²) in [6.45, 7) is 6.60. The van der Waals surface area contributed by atoms with E-state index in [1.807, 2.05) is 13.1 Å². The van der Waals surface area contributed by atoms with Crippen LogP contribution in [-0.2, 0) is 0 Å². The van der Waals surface area contributed by atoms with Gasteiger partial charge in [0.05, 0.1) is 0 Å². The fraction of sp³-hybridized carbons (Fsp3) is 0.692. The largest absolute Gasteiger partial charge is 0.373 e. The Morgan fingerprint density at radius 1 is 1.18 bits per heavy atom. The molecule has 4 heteroatoms. The second kappa shape index (κ2) is 4.90. The number of hydrogen-bond acceptors (Lipinski definition) is 4. The zero-order chi connectivity index (χ0) is 12.4. The average molecular weight is 234 g/mol. The summed E-state index contributed by atoms with van der Waals surface area (Å²) in [5.41, 5.74) is 0. The molecular weight excluding hydrogens is 212 g/mol. The third-order valence-electron chi connectivity index (χ3n) is 3.32. The van der Waals surface area contributed by atoms with Crippen LogP contribution in [0.5, 0.6) is 0 Å². The first-order valence-corrected chi connectivity index (χ1v) is 6.43. The Labute approximate surface area is 103 Å². The van der Waals surface area contributed by atoms with Gasteiger partial charge in [-0.15, -0.1) is 0 Å². The van der Waals surface area contributed by atoms with E-state index in [2.05, 4.69) is 41.4 Å². The molecule has 0 radical (unpaired) electrons. The fourth-order valence-corrected chi connectivity index (χ4v) is 1.59. The number of rotatable bonds is 5. The normalized spacial score (nSPS) is 17.0. The molecule has 1 aliphatic carbocycles. The first-order valence-electron chi connectivity index (χ1n) is 6.43. The molecule has 2 rings (SSSR count). The Kier molecular flexibility index (Phi) is 3.50. The Morgan fingerprint density at radius 3 is 2.35 bits per heavy atom. The van der Waals surface area contributed by atoms with Gasteiger partial charge in [-0.25, -0.2) is 9.97 Å². The lowest BCUT2D eigenvalue weighted by Gasteiger charge is -2.18. The van der Waals surface area contributed by atoms with Crippen molar-refractivity contribution in [1.82, 2.24) is 9.97 Å². The van der Waals surface area contributed by atoms with E-state index in [0.29, 0.717) is 17.9 Å². The molecule has 17 heavy (non-hydrogen) atoms. The van der Waals surface area contributed by atoms with Crippen molar-refractivity contribution in [3.05, 3.63) is 11.9 Å². The molecule has 2 N–H and O–H groups in total. The molecule has 1 unspecified atom stereocenters. The highest BCUT2D eigenvalue weighted by atomic mass is 15.1. The number of hydrogen-bond donors (Lipinski definition) is 2. The molecule has 0 aliphatic heterocycles. The topological polar surface area (TPSA) is 49.8 Å². The van der Waals surface area contributed by atoms with Crippen LogP contribution in [-0.4, -0.2) is 23.1 Å². The summed E-state index contributed by atoms with van der Waals surface area (Å²) in [5.74, 6) is 3.99. The van der Waals surface area contributed by atoms with Crippen LogP contribution in [0.25, 0.3) is 0 Å². The Morgan fingerprint density at radius 2 is 1.82 bits per heavy atom. The van der Waals surface area contributed by atoms with Crippen LogP contribution in [0, 0.1) is 5.92 Å². The molecule has 94 valence electrons. The highest BCUT2D eigenvalue weighted by Crippen LogP contribution is 2.38. The van der Waals surface area contributed by atoms with E-state index in [1.165, 1.54) is 12.8 Å². The molecule has 1 aromatic heterocycles. The van der Waals surface area contributed by atoms with E-state index in [9.17, 15) is 0 Å². The summed E-state index contributed by atoms with van der Waals surface area (Å²) in [6, 6.07) is 2.40. The zero-order valence-electron chi connectivity index (χ0n) is 11.1. The minimum absolute atomic E-state index is 0.418. The maximum absolute atomic E-state index is 4.60. The molecule has 4 nitrogen and oxygen atoms in total. The van der Waals surface area contributed by atoms with Crippen molar-refractivity contribution in [2.24, 2.45) is 5.92 Å². The Bertz CT molecular complexity index is 385. The van der Waals surface area contributed by atoms with Crippen molar-refractivity contribution in [1.29, 1.82) is 0 Å². The van der Waals surface area contributed by atoms with E-state index in [4.69, 9.17) is 0 Å². The van der Waals surface area contributed by atoms with Crippen LogP contribution in [0.3, 0.4) is 0 Å². The summed E-state index contributed by atoms with van der Waals surface area (Å²) in [6.07, 6.45) is 2.46. The molecule has 0 saturated heterocycles. The van der Waals surface area contributed by atoms with Crippen molar-refractivity contribution >= 4 is 11.6 Å². The van der Waals surface area contributed by atoms with E-state index in [-0.39, 0.29) is 0 Å². The summed E-state index contributed by atoms with van der Waals surface area (Å²) < 4.78 is 0. The van der Waals surface area contributed by atoms with Gasteiger partial charge in [0.1, 0.15) is 17.5 Å². The Balaban J connectivity index is 2.17. The average Bonchev–Trinajstić information content (AvgIpc) is 3.12. The molecule has 0 spiro atoms. The van der Waals surface area contributed by atoms with Crippen molar-refractivity contribution in [2.45, 2.75) is 45.6 Å². The second-order valence-corrected chi connectivity index (χ2v) is 5.20. The van der Waals surface area contributed by atoms with Gasteiger partial charge in [0, 0.05) is 25.1 Å². The lowest BCUT2D eigenvalue weighted by molar-refractivity contribution is 0.558. The van der Waals surface area contributed by atoms with E-state index < -0.39 is 0 Å². The zero-order valence-corrected chi connectivity index (χ0v) is 11.1. The molecule has 0 bridgehead atoms. The molecule has 1 aliphatic rings. The maximum Gasteiger partial charge on any atom is 0.136 e. The van der Waals surface area contributed by atoms with Gasteiger partial charge in [0.25, 0.3) is 0 Å². The second-order valence-electron chi connectivity index (χ2n) is 5.20. The van der Waals surface area contributed by atoms with Gasteiger partial charge in [-0.05, 0) is 25.7 Å². The number of anilines is 2. The summed E-state index contributed by atoms with van der Waals surface area (Å²) in [5, 5.41) is 6.55. The van der Waals surface area contributed by atoms with Crippen molar-refractivity contribution < 1.29 is 0 Å². The standard InChI is InChI=1S/C13H22N4/c1-8(2)9(3)15-12-7-11(14-4)16-13(17-12)10-5-6-10/h7-10H,5-6H2,1-4H3,(H2,14,15,16,17). The molecule has 1 atom stereocenters. The lowest BCUT2D eigenvalue weighted by Crippen LogP contribution is -2.22. The molecule has 1 aromatic rings. The van der Waals surface area contributed by atoms with Crippen molar-refractivity contribution in [3.63, 3.8) is 0 Å². The van der Waals surface area contributed by atoms with Crippen LogP contribution in [0.15, 0.2) is 6.07 Å². The SMILES string of the molecule is CNc1cc(NC(C)C(C)C)nc(C2CC2)n1. The van der Waals surface area contributed by atoms with Crippen molar-refractivity contribution in [3.8, 4) is 0 Å². The summed E-state index contributed by atoms with van der Waals surface area (Å²) >= 11 is 0. The van der Waals surface area contributed by atoms with E-state index in [1.54, 1.807) is 0 Å². The highest BCUT2D eigenvalue weighted by Gasteiger charge is 2.27. The van der Waals surface area contributed by atoms with Gasteiger partial charge in [0.2, 0.25) is 0 Å². The predicted molar refractivity (Wildman–Crippen MR) is 71.5 cm³/mol. The van der Waals surface area contributed by atoms with Gasteiger partial charge in [-0.3, -0.25) is 0 Å². The molecule has 1 saturated carbocycles. The first-order chi connectivity index (χ1) is 8.10. The molecule has 0 amide bonds. The van der Waals surface area contributed by atoms with Crippen LogP contribution < -0.4 is 10.6 Å². The van der Waals surface area contributed by atoms with E-state index >= 15 is 0 Å². The number of nitrogens with one attached hydrogen (secondary N) is 2. The number of aromatic nitrogens is 2. The summed E-state index contributed by atoms with van der Waals surface area (Å²) in [7, 11) is 1.90. The van der Waals surface area contributed by atoms with Crippen LogP contribution >= 0.6 is 0 Å². The van der Waals surface area contributed by atoms with Crippen LogP contribution in [0.2, 0.25) is 0 Å². The fourth-order valence-electron chi connectivity index (χ4n) is 1.59. The quantitative estimate of drug-likeness (QED) is 0.822. The van der Waals surface area contributed by atoms with Gasteiger partial charge in [-0.1, -0.05) is 13.8 Å². The lowest BCUT2D eigenvalue weighted by atomic mass is 10.1. The molecule has 1 heterocycles. The van der Waals surface area contributed by atoms with Gasteiger partial charge in [0.15, 0.2) is 0 Å². The molecule has 0 aromatic carbocycles. The van der Waals surface area contributed by atoms with Gasteiger partial charge in [-0.2, -0.15) is 0 Å².